The van der Waals surface area contributed by atoms with Crippen LogP contribution in [-0.2, 0) is 32.1 Å². The predicted octanol–water partition coefficient (Wildman–Crippen LogP) is 1.09. The van der Waals surface area contributed by atoms with E-state index in [-0.39, 0.29) is 30.2 Å². The molecule has 1 amide bonds. The minimum atomic E-state index is -2.73. The lowest BCUT2D eigenvalue weighted by molar-refractivity contribution is -0.181. The molecule has 1 heterocycles. The number of Topliss-reactive ketones (excluding diaryl/α,β-unsaturated/α-hetero) is 4. The molecule has 0 aromatic heterocycles. The second-order valence-corrected chi connectivity index (χ2v) is 13.4. The van der Waals surface area contributed by atoms with Crippen LogP contribution in [0.15, 0.2) is 6.07 Å². The highest BCUT2D eigenvalue weighted by atomic mass is 16.3. The number of likely N-dealkylation sites (N-methyl/N-ethyl adjacent to an activating group) is 1. The van der Waals surface area contributed by atoms with E-state index in [2.05, 4.69) is 9.80 Å². The summed E-state index contributed by atoms with van der Waals surface area (Å²) >= 11 is 0. The van der Waals surface area contributed by atoms with Crippen LogP contribution in [0.2, 0.25) is 0 Å². The number of carbonyl (C=O) groups excluding carboxylic acids is 5. The van der Waals surface area contributed by atoms with E-state index in [1.165, 1.54) is 17.7 Å². The number of hydrogen-bond donors (Lipinski definition) is 3. The van der Waals surface area contributed by atoms with E-state index in [0.29, 0.717) is 12.1 Å². The van der Waals surface area contributed by atoms with Crippen LogP contribution in [0.25, 0.3) is 0 Å². The Bertz CT molecular complexity index is 1370. The normalized spacial score (nSPS) is 31.5. The van der Waals surface area contributed by atoms with Crippen molar-refractivity contribution in [2.24, 2.45) is 29.4 Å². The van der Waals surface area contributed by atoms with Gasteiger partial charge in [0.1, 0.15) is 5.75 Å². The number of carbonyl (C=O) groups is 5. The van der Waals surface area contributed by atoms with Crippen LogP contribution in [0.1, 0.15) is 67.4 Å². The predicted molar refractivity (Wildman–Crippen MR) is 159 cm³/mol. The van der Waals surface area contributed by atoms with Gasteiger partial charge >= 0.3 is 0 Å². The smallest absolute Gasteiger partial charge is 0.235 e. The molecule has 2 unspecified atom stereocenters. The third kappa shape index (κ3) is 4.89. The van der Waals surface area contributed by atoms with E-state index in [9.17, 15) is 34.2 Å². The molecule has 11 heteroatoms. The number of nitrogens with two attached hydrogens (primary N) is 1. The number of aliphatic hydroxyl groups is 1. The standard InChI is InChI=1S/C32H44N4O7/c1-16(2)35(5)25-18(15-36-10-8-6-7-9-11-36)14-21(37)23-19(25)12-17-13-20-26(34(3)4)28(39)24(31(33)42)30(41)32(20,43)29(40)22(17)27(23)38/h14,16-17,20,22,24,26,37,43H,6-13,15H2,1-5H3,(H2,33,42)/t17-,20-,22?,24?,26-,32-/m0/s1. The third-order valence-electron chi connectivity index (χ3n) is 10.3. The Labute approximate surface area is 252 Å². The first-order valence-electron chi connectivity index (χ1n) is 15.4. The Balaban J connectivity index is 1.63. The number of hydrogen-bond acceptors (Lipinski definition) is 10. The van der Waals surface area contributed by atoms with Crippen LogP contribution >= 0.6 is 0 Å². The monoisotopic (exact) mass is 596 g/mol. The number of fused-ring (bicyclic) bond motifs is 3. The first-order chi connectivity index (χ1) is 20.2. The Morgan fingerprint density at radius 1 is 1.07 bits per heavy atom. The zero-order chi connectivity index (χ0) is 31.5. The van der Waals surface area contributed by atoms with Gasteiger partial charge in [-0.1, -0.05) is 12.8 Å². The van der Waals surface area contributed by atoms with Crippen molar-refractivity contribution in [1.29, 1.82) is 0 Å². The Kier molecular flexibility index (Phi) is 8.30. The van der Waals surface area contributed by atoms with Gasteiger partial charge in [0.15, 0.2) is 34.7 Å². The number of primary amides is 1. The highest BCUT2D eigenvalue weighted by Crippen LogP contribution is 2.52. The van der Waals surface area contributed by atoms with Crippen molar-refractivity contribution in [2.45, 2.75) is 76.6 Å². The summed E-state index contributed by atoms with van der Waals surface area (Å²) in [5.41, 5.74) is 5.12. The first kappa shape index (κ1) is 31.3. The molecular weight excluding hydrogens is 552 g/mol. The number of amides is 1. The topological polar surface area (TPSA) is 162 Å². The van der Waals surface area contributed by atoms with E-state index in [4.69, 9.17) is 5.73 Å². The number of nitrogens with zero attached hydrogens (tertiary/aromatic N) is 3. The molecule has 11 nitrogen and oxygen atoms in total. The summed E-state index contributed by atoms with van der Waals surface area (Å²) in [4.78, 5) is 73.3. The van der Waals surface area contributed by atoms with Crippen molar-refractivity contribution in [1.82, 2.24) is 9.80 Å². The molecule has 234 valence electrons. The lowest BCUT2D eigenvalue weighted by atomic mass is 9.52. The molecule has 1 saturated heterocycles. The summed E-state index contributed by atoms with van der Waals surface area (Å²) in [5.74, 6) is -10.3. The lowest BCUT2D eigenvalue weighted by Gasteiger charge is -2.52. The van der Waals surface area contributed by atoms with Gasteiger partial charge in [-0.15, -0.1) is 0 Å². The zero-order valence-electron chi connectivity index (χ0n) is 25.8. The molecule has 3 fully saturated rings. The third-order valence-corrected chi connectivity index (χ3v) is 10.3. The van der Waals surface area contributed by atoms with Gasteiger partial charge in [-0.05, 0) is 89.8 Å². The fourth-order valence-electron chi connectivity index (χ4n) is 8.08. The molecule has 6 atom stereocenters. The maximum Gasteiger partial charge on any atom is 0.235 e. The fraction of sp³-hybridized carbons (Fsp3) is 0.656. The van der Waals surface area contributed by atoms with Gasteiger partial charge in [0.05, 0.1) is 17.5 Å². The molecule has 0 spiro atoms. The number of phenols is 1. The van der Waals surface area contributed by atoms with Gasteiger partial charge in [-0.25, -0.2) is 0 Å². The summed E-state index contributed by atoms with van der Waals surface area (Å²) in [6, 6.07) is 0.568. The number of ketones is 4. The summed E-state index contributed by atoms with van der Waals surface area (Å²) < 4.78 is 0. The molecule has 0 radical (unpaired) electrons. The lowest BCUT2D eigenvalue weighted by Crippen LogP contribution is -2.74. The maximum absolute atomic E-state index is 14.2. The number of likely N-dealkylation sites (tertiary alicyclic amines) is 1. The number of anilines is 1. The number of aromatic hydroxyl groups is 1. The molecule has 43 heavy (non-hydrogen) atoms. The van der Waals surface area contributed by atoms with Crippen molar-refractivity contribution >= 4 is 34.7 Å². The minimum absolute atomic E-state index is 0.0336. The maximum atomic E-state index is 14.2. The largest absolute Gasteiger partial charge is 0.507 e. The average molecular weight is 597 g/mol. The van der Waals surface area contributed by atoms with Gasteiger partial charge in [-0.2, -0.15) is 0 Å². The van der Waals surface area contributed by atoms with Crippen LogP contribution in [0, 0.1) is 23.7 Å². The number of rotatable bonds is 6. The van der Waals surface area contributed by atoms with Gasteiger partial charge < -0.3 is 20.8 Å². The van der Waals surface area contributed by atoms with Gasteiger partial charge in [0.25, 0.3) is 0 Å². The molecule has 4 aliphatic rings. The second kappa shape index (κ2) is 11.4. The molecule has 1 aliphatic heterocycles. The Morgan fingerprint density at radius 3 is 2.26 bits per heavy atom. The Morgan fingerprint density at radius 2 is 1.70 bits per heavy atom. The molecule has 5 rings (SSSR count). The van der Waals surface area contributed by atoms with E-state index in [0.717, 1.165) is 37.2 Å². The van der Waals surface area contributed by atoms with Gasteiger partial charge in [0.2, 0.25) is 5.91 Å². The molecule has 0 bridgehead atoms. The molecular formula is C32H44N4O7. The molecule has 1 aromatic carbocycles. The molecule has 4 N–H and O–H groups in total. The first-order valence-corrected chi connectivity index (χ1v) is 15.4. The molecule has 1 aromatic rings. The van der Waals surface area contributed by atoms with E-state index < -0.39 is 64.4 Å². The highest BCUT2D eigenvalue weighted by Gasteiger charge is 2.69. The SMILES string of the molecule is CC(C)N(C)c1c(CN2CCCCCC2)cc(O)c2c1C[C@H]1C[C@H]3[C@H](N(C)C)C(=O)C(C(N)=O)C(=O)[C@@]3(O)C(=O)C1C2=O. The van der Waals surface area contributed by atoms with Crippen LogP contribution < -0.4 is 10.6 Å². The summed E-state index contributed by atoms with van der Waals surface area (Å²) in [7, 11) is 5.12. The van der Waals surface area contributed by atoms with Crippen molar-refractivity contribution in [3.05, 3.63) is 22.8 Å². The van der Waals surface area contributed by atoms with Crippen molar-refractivity contribution in [2.75, 3.05) is 39.1 Å². The highest BCUT2D eigenvalue weighted by molar-refractivity contribution is 6.32. The summed E-state index contributed by atoms with van der Waals surface area (Å²) in [6.07, 6.45) is 4.85. The van der Waals surface area contributed by atoms with Crippen molar-refractivity contribution < 1.29 is 34.2 Å². The molecule has 2 saturated carbocycles. The number of phenolic OH excluding ortho intramolecular Hbond substituents is 1. The van der Waals surface area contributed by atoms with E-state index >= 15 is 0 Å². The van der Waals surface area contributed by atoms with Gasteiger partial charge in [0, 0.05) is 31.2 Å². The van der Waals surface area contributed by atoms with E-state index in [1.807, 2.05) is 20.9 Å². The molecule has 3 aliphatic carbocycles. The van der Waals surface area contributed by atoms with Crippen molar-refractivity contribution in [3.8, 4) is 5.75 Å². The van der Waals surface area contributed by atoms with E-state index in [1.54, 1.807) is 20.2 Å². The average Bonchev–Trinajstić information content (AvgIpc) is 3.18. The van der Waals surface area contributed by atoms with Crippen LogP contribution in [-0.4, -0.2) is 101 Å². The van der Waals surface area contributed by atoms with Crippen molar-refractivity contribution in [3.63, 3.8) is 0 Å². The zero-order valence-corrected chi connectivity index (χ0v) is 25.8. The summed E-state index contributed by atoms with van der Waals surface area (Å²) in [5, 5.41) is 23.1. The van der Waals surface area contributed by atoms with Crippen LogP contribution in [0.3, 0.4) is 0 Å². The fourth-order valence-corrected chi connectivity index (χ4v) is 8.08. The van der Waals surface area contributed by atoms with Crippen LogP contribution in [0.4, 0.5) is 5.69 Å². The van der Waals surface area contributed by atoms with Gasteiger partial charge in [-0.3, -0.25) is 33.8 Å². The summed E-state index contributed by atoms with van der Waals surface area (Å²) in [6.45, 7) is 6.59. The van der Waals surface area contributed by atoms with Crippen LogP contribution in [0.5, 0.6) is 5.75 Å². The Hall–Kier alpha value is -3.15. The number of benzene rings is 1. The second-order valence-electron chi connectivity index (χ2n) is 13.4. The quantitative estimate of drug-likeness (QED) is 0.406. The minimum Gasteiger partial charge on any atom is -0.507 e.